The van der Waals surface area contributed by atoms with Gasteiger partial charge in [0.2, 0.25) is 5.91 Å². The highest BCUT2D eigenvalue weighted by atomic mass is 16.2. The minimum atomic E-state index is 0.00146. The fourth-order valence-corrected chi connectivity index (χ4v) is 3.15. The monoisotopic (exact) mass is 274 g/mol. The summed E-state index contributed by atoms with van der Waals surface area (Å²) in [5.74, 6) is 0.231. The van der Waals surface area contributed by atoms with Crippen molar-refractivity contribution in [3.05, 3.63) is 35.9 Å². The molecule has 3 heteroatoms. The molecule has 1 amide bonds. The summed E-state index contributed by atoms with van der Waals surface area (Å²) in [6.45, 7) is 7.58. The van der Waals surface area contributed by atoms with Gasteiger partial charge in [0, 0.05) is 19.6 Å². The van der Waals surface area contributed by atoms with Crippen LogP contribution in [-0.4, -0.2) is 36.5 Å². The highest BCUT2D eigenvalue weighted by molar-refractivity contribution is 5.83. The third kappa shape index (κ3) is 3.40. The maximum Gasteiger partial charge on any atom is 0.239 e. The van der Waals surface area contributed by atoms with E-state index in [1.807, 2.05) is 18.0 Å². The molecular formula is C17H26N2O. The maximum absolute atomic E-state index is 11.9. The Morgan fingerprint density at radius 2 is 2.00 bits per heavy atom. The summed E-state index contributed by atoms with van der Waals surface area (Å²) in [6.07, 6.45) is 1.94. The first-order valence-corrected chi connectivity index (χ1v) is 7.47. The Morgan fingerprint density at radius 3 is 2.55 bits per heavy atom. The van der Waals surface area contributed by atoms with Crippen LogP contribution < -0.4 is 5.32 Å². The molecule has 1 heterocycles. The molecule has 1 N–H and O–H groups in total. The average molecular weight is 274 g/mol. The van der Waals surface area contributed by atoms with E-state index in [9.17, 15) is 4.79 Å². The van der Waals surface area contributed by atoms with Gasteiger partial charge in [0.05, 0.1) is 6.04 Å². The Kier molecular flexibility index (Phi) is 4.48. The van der Waals surface area contributed by atoms with Gasteiger partial charge in [-0.1, -0.05) is 44.2 Å². The van der Waals surface area contributed by atoms with Gasteiger partial charge in [-0.2, -0.15) is 0 Å². The second-order valence-electron chi connectivity index (χ2n) is 6.62. The maximum atomic E-state index is 11.9. The number of rotatable bonds is 5. The van der Waals surface area contributed by atoms with Crippen molar-refractivity contribution < 1.29 is 4.79 Å². The van der Waals surface area contributed by atoms with Gasteiger partial charge in [0.15, 0.2) is 0 Å². The first-order valence-electron chi connectivity index (χ1n) is 7.47. The summed E-state index contributed by atoms with van der Waals surface area (Å²) in [6, 6.07) is 10.9. The summed E-state index contributed by atoms with van der Waals surface area (Å²) in [7, 11) is 1.88. The second kappa shape index (κ2) is 5.96. The van der Waals surface area contributed by atoms with Crippen LogP contribution in [0.3, 0.4) is 0 Å². The topological polar surface area (TPSA) is 32.3 Å². The molecule has 1 aromatic rings. The minimum absolute atomic E-state index is 0.00146. The van der Waals surface area contributed by atoms with Gasteiger partial charge in [0.1, 0.15) is 0 Å². The predicted octanol–water partition coefficient (Wildman–Crippen LogP) is 2.56. The lowest BCUT2D eigenvalue weighted by atomic mass is 9.79. The van der Waals surface area contributed by atoms with E-state index in [1.165, 1.54) is 5.56 Å². The zero-order valence-corrected chi connectivity index (χ0v) is 13.0. The summed E-state index contributed by atoms with van der Waals surface area (Å²) < 4.78 is 0. The van der Waals surface area contributed by atoms with Gasteiger partial charge in [0.25, 0.3) is 0 Å². The van der Waals surface area contributed by atoms with Gasteiger partial charge in [-0.05, 0) is 30.7 Å². The second-order valence-corrected chi connectivity index (χ2v) is 6.62. The highest BCUT2D eigenvalue weighted by Gasteiger charge is 2.31. The fraction of sp³-hybridized carbons (Fsp3) is 0.588. The number of nitrogens with zero attached hydrogens (tertiary/aromatic N) is 1. The molecule has 2 atom stereocenters. The van der Waals surface area contributed by atoms with Crippen LogP contribution in [0.25, 0.3) is 0 Å². The Morgan fingerprint density at radius 1 is 1.35 bits per heavy atom. The lowest BCUT2D eigenvalue weighted by Crippen LogP contribution is -2.43. The summed E-state index contributed by atoms with van der Waals surface area (Å²) in [5.41, 5.74) is 1.46. The molecule has 0 bridgehead atoms. The third-order valence-electron chi connectivity index (χ3n) is 4.28. The molecule has 110 valence electrons. The van der Waals surface area contributed by atoms with Gasteiger partial charge in [-0.3, -0.25) is 4.79 Å². The number of amides is 1. The van der Waals surface area contributed by atoms with E-state index in [4.69, 9.17) is 0 Å². The lowest BCUT2D eigenvalue weighted by molar-refractivity contribution is -0.128. The van der Waals surface area contributed by atoms with E-state index in [-0.39, 0.29) is 17.4 Å². The van der Waals surface area contributed by atoms with Crippen LogP contribution >= 0.6 is 0 Å². The molecular weight excluding hydrogens is 248 g/mol. The fourth-order valence-electron chi connectivity index (χ4n) is 3.15. The van der Waals surface area contributed by atoms with E-state index < -0.39 is 0 Å². The molecule has 0 saturated carbocycles. The normalized spacial score (nSPS) is 21.3. The molecule has 0 aliphatic carbocycles. The standard InChI is InChI=1S/C17H26N2O/c1-13(18-15-10-11-19(4)16(15)20)12-17(2,3)14-8-6-5-7-9-14/h5-9,13,15,18H,10-12H2,1-4H3. The molecule has 2 rings (SSSR count). The van der Waals surface area contributed by atoms with Gasteiger partial charge in [-0.25, -0.2) is 0 Å². The van der Waals surface area contributed by atoms with Gasteiger partial charge < -0.3 is 10.2 Å². The van der Waals surface area contributed by atoms with Crippen LogP contribution in [0.5, 0.6) is 0 Å². The van der Waals surface area contributed by atoms with Crippen molar-refractivity contribution in [2.45, 2.75) is 51.1 Å². The molecule has 0 spiro atoms. The third-order valence-corrected chi connectivity index (χ3v) is 4.28. The van der Waals surface area contributed by atoms with E-state index in [0.717, 1.165) is 19.4 Å². The van der Waals surface area contributed by atoms with Crippen molar-refractivity contribution >= 4 is 5.91 Å². The van der Waals surface area contributed by atoms with Crippen molar-refractivity contribution in [1.29, 1.82) is 0 Å². The molecule has 1 saturated heterocycles. The quantitative estimate of drug-likeness (QED) is 0.895. The molecule has 2 unspecified atom stereocenters. The number of carbonyl (C=O) groups excluding carboxylic acids is 1. The molecule has 1 aliphatic heterocycles. The number of hydrogen-bond donors (Lipinski definition) is 1. The van der Waals surface area contributed by atoms with Crippen LogP contribution in [0.2, 0.25) is 0 Å². The smallest absolute Gasteiger partial charge is 0.239 e. The van der Waals surface area contributed by atoms with E-state index in [0.29, 0.717) is 6.04 Å². The van der Waals surface area contributed by atoms with E-state index >= 15 is 0 Å². The molecule has 1 fully saturated rings. The van der Waals surface area contributed by atoms with E-state index in [2.05, 4.69) is 50.4 Å². The Bertz CT molecular complexity index is 455. The summed E-state index contributed by atoms with van der Waals surface area (Å²) in [5, 5.41) is 3.49. The molecule has 0 radical (unpaired) electrons. The van der Waals surface area contributed by atoms with Crippen molar-refractivity contribution in [2.75, 3.05) is 13.6 Å². The van der Waals surface area contributed by atoms with Crippen LogP contribution in [0.15, 0.2) is 30.3 Å². The number of likely N-dealkylation sites (N-methyl/N-ethyl adjacent to an activating group) is 1. The zero-order valence-electron chi connectivity index (χ0n) is 13.0. The Hall–Kier alpha value is -1.35. The number of likely N-dealkylation sites (tertiary alicyclic amines) is 1. The molecule has 3 nitrogen and oxygen atoms in total. The van der Waals surface area contributed by atoms with Crippen molar-refractivity contribution in [1.82, 2.24) is 10.2 Å². The average Bonchev–Trinajstić information content (AvgIpc) is 2.71. The SMILES string of the molecule is CC(CC(C)(C)c1ccccc1)NC1CCN(C)C1=O. The van der Waals surface area contributed by atoms with Crippen molar-refractivity contribution in [3.8, 4) is 0 Å². The highest BCUT2D eigenvalue weighted by Crippen LogP contribution is 2.28. The van der Waals surface area contributed by atoms with Crippen LogP contribution in [0.4, 0.5) is 0 Å². The first kappa shape index (κ1) is 15.0. The zero-order chi connectivity index (χ0) is 14.8. The predicted molar refractivity (Wildman–Crippen MR) is 82.7 cm³/mol. The summed E-state index contributed by atoms with van der Waals surface area (Å²) in [4.78, 5) is 13.8. The number of nitrogens with one attached hydrogen (secondary N) is 1. The first-order chi connectivity index (χ1) is 9.40. The van der Waals surface area contributed by atoms with Crippen molar-refractivity contribution in [3.63, 3.8) is 0 Å². The largest absolute Gasteiger partial charge is 0.344 e. The van der Waals surface area contributed by atoms with Crippen LogP contribution in [0, 0.1) is 0 Å². The Labute approximate surface area is 122 Å². The minimum Gasteiger partial charge on any atom is -0.344 e. The Balaban J connectivity index is 1.94. The summed E-state index contributed by atoms with van der Waals surface area (Å²) >= 11 is 0. The number of benzene rings is 1. The van der Waals surface area contributed by atoms with Crippen molar-refractivity contribution in [2.24, 2.45) is 0 Å². The molecule has 1 aliphatic rings. The van der Waals surface area contributed by atoms with Crippen LogP contribution in [0.1, 0.15) is 39.2 Å². The number of hydrogen-bond acceptors (Lipinski definition) is 2. The number of carbonyl (C=O) groups is 1. The lowest BCUT2D eigenvalue weighted by Gasteiger charge is -2.30. The molecule has 0 aromatic heterocycles. The molecule has 1 aromatic carbocycles. The van der Waals surface area contributed by atoms with Crippen LogP contribution in [-0.2, 0) is 10.2 Å². The van der Waals surface area contributed by atoms with Gasteiger partial charge in [-0.15, -0.1) is 0 Å². The van der Waals surface area contributed by atoms with Gasteiger partial charge >= 0.3 is 0 Å². The van der Waals surface area contributed by atoms with E-state index in [1.54, 1.807) is 0 Å². The molecule has 20 heavy (non-hydrogen) atoms.